The van der Waals surface area contributed by atoms with Crippen LogP contribution in [0.1, 0.15) is 5.56 Å². The van der Waals surface area contributed by atoms with Crippen molar-refractivity contribution in [2.24, 2.45) is 0 Å². The second kappa shape index (κ2) is 4.08. The summed E-state index contributed by atoms with van der Waals surface area (Å²) in [6.45, 7) is 0. The van der Waals surface area contributed by atoms with E-state index < -0.39 is 0 Å². The van der Waals surface area contributed by atoms with Crippen LogP contribution in [0.25, 0.3) is 10.4 Å². The Kier molecular flexibility index (Phi) is 2.62. The van der Waals surface area contributed by atoms with Crippen molar-refractivity contribution in [3.8, 4) is 16.5 Å². The van der Waals surface area contributed by atoms with Crippen molar-refractivity contribution < 1.29 is 0 Å². The predicted octanol–water partition coefficient (Wildman–Crippen LogP) is 3.48. The first-order valence-electron chi connectivity index (χ1n) is 4.40. The molecule has 0 amide bonds. The van der Waals surface area contributed by atoms with E-state index in [1.54, 1.807) is 11.3 Å². The first-order valence-corrected chi connectivity index (χ1v) is 5.28. The third kappa shape index (κ3) is 1.84. The Hall–Kier alpha value is -1.59. The van der Waals surface area contributed by atoms with Crippen molar-refractivity contribution in [1.82, 2.24) is 0 Å². The summed E-state index contributed by atoms with van der Waals surface area (Å²) in [5.74, 6) is 0. The fourth-order valence-corrected chi connectivity index (χ4v) is 2.23. The SMILES string of the molecule is N#CCc1csc(-c2ccccc2)c1. The number of hydrogen-bond donors (Lipinski definition) is 0. The summed E-state index contributed by atoms with van der Waals surface area (Å²) >= 11 is 1.69. The van der Waals surface area contributed by atoms with Gasteiger partial charge in [-0.15, -0.1) is 11.3 Å². The molecule has 1 nitrogen and oxygen atoms in total. The topological polar surface area (TPSA) is 23.8 Å². The lowest BCUT2D eigenvalue weighted by molar-refractivity contribution is 1.29. The Morgan fingerprint density at radius 3 is 2.71 bits per heavy atom. The van der Waals surface area contributed by atoms with E-state index >= 15 is 0 Å². The molecule has 0 saturated heterocycles. The number of nitrogens with zero attached hydrogens (tertiary/aromatic N) is 1. The Bertz CT molecular complexity index is 451. The zero-order valence-electron chi connectivity index (χ0n) is 7.60. The molecule has 0 spiro atoms. The summed E-state index contributed by atoms with van der Waals surface area (Å²) in [4.78, 5) is 1.23. The van der Waals surface area contributed by atoms with Gasteiger partial charge in [0.25, 0.3) is 0 Å². The van der Waals surface area contributed by atoms with Crippen LogP contribution in [0, 0.1) is 11.3 Å². The van der Waals surface area contributed by atoms with E-state index in [2.05, 4.69) is 24.3 Å². The number of nitriles is 1. The number of hydrogen-bond acceptors (Lipinski definition) is 2. The number of thiophene rings is 1. The Labute approximate surface area is 87.3 Å². The van der Waals surface area contributed by atoms with Crippen molar-refractivity contribution in [2.45, 2.75) is 6.42 Å². The van der Waals surface area contributed by atoms with E-state index in [-0.39, 0.29) is 0 Å². The second-order valence-corrected chi connectivity index (χ2v) is 3.93. The van der Waals surface area contributed by atoms with E-state index in [0.717, 1.165) is 5.56 Å². The van der Waals surface area contributed by atoms with Gasteiger partial charge in [-0.3, -0.25) is 0 Å². The van der Waals surface area contributed by atoms with Crippen LogP contribution < -0.4 is 0 Å². The average molecular weight is 199 g/mol. The third-order valence-corrected chi connectivity index (χ3v) is 3.02. The molecular formula is C12H9NS. The summed E-state index contributed by atoms with van der Waals surface area (Å²) < 4.78 is 0. The van der Waals surface area contributed by atoms with Crippen molar-refractivity contribution >= 4 is 11.3 Å². The van der Waals surface area contributed by atoms with Crippen LogP contribution >= 0.6 is 11.3 Å². The molecule has 0 unspecified atom stereocenters. The van der Waals surface area contributed by atoms with Crippen LogP contribution in [0.15, 0.2) is 41.8 Å². The Balaban J connectivity index is 2.31. The fourth-order valence-electron chi connectivity index (χ4n) is 1.31. The quantitative estimate of drug-likeness (QED) is 0.726. The smallest absolute Gasteiger partial charge is 0.0670 e. The van der Waals surface area contributed by atoms with Crippen LogP contribution in [-0.2, 0) is 6.42 Å². The van der Waals surface area contributed by atoms with Crippen molar-refractivity contribution in [2.75, 3.05) is 0 Å². The molecule has 0 bridgehead atoms. The maximum atomic E-state index is 8.55. The maximum absolute atomic E-state index is 8.55. The molecule has 1 aromatic carbocycles. The van der Waals surface area contributed by atoms with Crippen LogP contribution in [0.5, 0.6) is 0 Å². The molecule has 14 heavy (non-hydrogen) atoms. The van der Waals surface area contributed by atoms with E-state index in [1.807, 2.05) is 23.6 Å². The molecule has 0 aliphatic heterocycles. The maximum Gasteiger partial charge on any atom is 0.0670 e. The predicted molar refractivity (Wildman–Crippen MR) is 59.1 cm³/mol. The molecule has 0 atom stereocenters. The molecule has 2 rings (SSSR count). The molecule has 68 valence electrons. The molecule has 0 saturated carbocycles. The number of benzene rings is 1. The van der Waals surface area contributed by atoms with Gasteiger partial charge < -0.3 is 0 Å². The lowest BCUT2D eigenvalue weighted by Crippen LogP contribution is -1.73. The van der Waals surface area contributed by atoms with Crippen LogP contribution in [0.3, 0.4) is 0 Å². The van der Waals surface area contributed by atoms with Gasteiger partial charge in [0, 0.05) is 4.88 Å². The summed E-state index contributed by atoms with van der Waals surface area (Å²) in [6.07, 6.45) is 0.503. The zero-order chi connectivity index (χ0) is 9.80. The lowest BCUT2D eigenvalue weighted by Gasteiger charge is -1.93. The van der Waals surface area contributed by atoms with Gasteiger partial charge in [0.2, 0.25) is 0 Å². The molecule has 2 heteroatoms. The van der Waals surface area contributed by atoms with Gasteiger partial charge in [0.05, 0.1) is 12.5 Å². The minimum Gasteiger partial charge on any atom is -0.198 e. The first kappa shape index (κ1) is 8.98. The number of rotatable bonds is 2. The van der Waals surface area contributed by atoms with Crippen molar-refractivity contribution in [3.05, 3.63) is 47.3 Å². The van der Waals surface area contributed by atoms with Crippen molar-refractivity contribution in [3.63, 3.8) is 0 Å². The van der Waals surface area contributed by atoms with Gasteiger partial charge >= 0.3 is 0 Å². The first-order chi connectivity index (χ1) is 6.90. The van der Waals surface area contributed by atoms with Crippen LogP contribution in [0.2, 0.25) is 0 Å². The Morgan fingerprint density at radius 2 is 2.00 bits per heavy atom. The highest BCUT2D eigenvalue weighted by atomic mass is 32.1. The standard InChI is InChI=1S/C12H9NS/c13-7-6-10-8-12(14-9-10)11-4-2-1-3-5-11/h1-5,8-9H,6H2. The van der Waals surface area contributed by atoms with Gasteiger partial charge in [-0.1, -0.05) is 30.3 Å². The average Bonchev–Trinajstić information content (AvgIpc) is 2.68. The minimum atomic E-state index is 0.503. The lowest BCUT2D eigenvalue weighted by atomic mass is 10.1. The highest BCUT2D eigenvalue weighted by Gasteiger charge is 2.00. The fraction of sp³-hybridized carbons (Fsp3) is 0.0833. The van der Waals surface area contributed by atoms with Gasteiger partial charge in [-0.2, -0.15) is 5.26 Å². The molecule has 1 aromatic heterocycles. The van der Waals surface area contributed by atoms with E-state index in [4.69, 9.17) is 5.26 Å². The third-order valence-electron chi connectivity index (χ3n) is 2.00. The van der Waals surface area contributed by atoms with E-state index in [9.17, 15) is 0 Å². The normalized spacial score (nSPS) is 9.64. The minimum absolute atomic E-state index is 0.503. The van der Waals surface area contributed by atoms with Gasteiger partial charge in [-0.25, -0.2) is 0 Å². The molecule has 0 aliphatic carbocycles. The van der Waals surface area contributed by atoms with Gasteiger partial charge in [0.15, 0.2) is 0 Å². The molecule has 0 N–H and O–H groups in total. The molecule has 0 radical (unpaired) electrons. The molecule has 2 aromatic rings. The summed E-state index contributed by atoms with van der Waals surface area (Å²) in [7, 11) is 0. The van der Waals surface area contributed by atoms with Crippen LogP contribution in [0.4, 0.5) is 0 Å². The second-order valence-electron chi connectivity index (χ2n) is 3.02. The molecule has 1 heterocycles. The Morgan fingerprint density at radius 1 is 1.21 bits per heavy atom. The molecule has 0 aliphatic rings. The van der Waals surface area contributed by atoms with Gasteiger partial charge in [0.1, 0.15) is 0 Å². The summed E-state index contributed by atoms with van der Waals surface area (Å²) in [6, 6.07) is 14.5. The molecular weight excluding hydrogens is 190 g/mol. The summed E-state index contributed by atoms with van der Waals surface area (Å²) in [5.41, 5.74) is 2.33. The highest BCUT2D eigenvalue weighted by Crippen LogP contribution is 2.26. The monoisotopic (exact) mass is 199 g/mol. The molecule has 0 fully saturated rings. The van der Waals surface area contributed by atoms with E-state index in [0.29, 0.717) is 6.42 Å². The highest BCUT2D eigenvalue weighted by molar-refractivity contribution is 7.13. The zero-order valence-corrected chi connectivity index (χ0v) is 8.42. The van der Waals surface area contributed by atoms with Crippen LogP contribution in [-0.4, -0.2) is 0 Å². The van der Waals surface area contributed by atoms with E-state index in [1.165, 1.54) is 10.4 Å². The largest absolute Gasteiger partial charge is 0.198 e. The summed E-state index contributed by atoms with van der Waals surface area (Å²) in [5, 5.41) is 10.6. The van der Waals surface area contributed by atoms with Crippen molar-refractivity contribution in [1.29, 1.82) is 5.26 Å². The van der Waals surface area contributed by atoms with Gasteiger partial charge in [-0.05, 0) is 22.6 Å².